The van der Waals surface area contributed by atoms with Crippen molar-refractivity contribution < 1.29 is 14.3 Å². The van der Waals surface area contributed by atoms with Gasteiger partial charge in [0.1, 0.15) is 23.3 Å². The molecule has 0 bridgehead atoms. The molecular weight excluding hydrogens is 511 g/mol. The molecule has 4 aromatic rings. The van der Waals surface area contributed by atoms with E-state index in [0.29, 0.717) is 28.0 Å². The Kier molecular flexibility index (Phi) is 8.40. The Labute approximate surface area is 218 Å². The zero-order valence-corrected chi connectivity index (χ0v) is 21.6. The summed E-state index contributed by atoms with van der Waals surface area (Å²) in [6.07, 6.45) is 0.810. The van der Waals surface area contributed by atoms with Crippen molar-refractivity contribution in [3.05, 3.63) is 41.4 Å². The zero-order valence-electron chi connectivity index (χ0n) is 19.2. The molecule has 12 heteroatoms. The molecule has 3 heterocycles. The van der Waals surface area contributed by atoms with Gasteiger partial charge in [-0.25, -0.2) is 9.67 Å². The fourth-order valence-corrected chi connectivity index (χ4v) is 5.37. The number of nitrogens with zero attached hydrogens (tertiary/aromatic N) is 6. The van der Waals surface area contributed by atoms with E-state index in [1.807, 2.05) is 24.3 Å². The second-order valence-corrected chi connectivity index (χ2v) is 9.40. The van der Waals surface area contributed by atoms with Gasteiger partial charge in [0, 0.05) is 26.2 Å². The van der Waals surface area contributed by atoms with Crippen LogP contribution in [-0.4, -0.2) is 77.3 Å². The van der Waals surface area contributed by atoms with E-state index < -0.39 is 0 Å². The molecule has 1 saturated heterocycles. The maximum Gasteiger partial charge on any atom is 0.250 e. The largest absolute Gasteiger partial charge is 0.494 e. The Morgan fingerprint density at radius 2 is 2.03 bits per heavy atom. The van der Waals surface area contributed by atoms with Gasteiger partial charge in [-0.3, -0.25) is 14.6 Å². The molecule has 1 aliphatic rings. The first kappa shape index (κ1) is 25.6. The van der Waals surface area contributed by atoms with Gasteiger partial charge in [0.05, 0.1) is 35.6 Å². The van der Waals surface area contributed by atoms with Crippen LogP contribution in [0.25, 0.3) is 21.3 Å². The Balaban J connectivity index is 0.00000289. The first-order valence-electron chi connectivity index (χ1n) is 11.2. The molecule has 0 spiro atoms. The van der Waals surface area contributed by atoms with Gasteiger partial charge < -0.3 is 9.47 Å². The SMILES string of the molecule is COc1ccc(Cl)c2sc(N(CCCN3CCOCC3)C(=O)Cn3nnc4ccccc43)nc12.Cl. The number of carbonyl (C=O) groups is 1. The number of rotatable bonds is 8. The highest BCUT2D eigenvalue weighted by Gasteiger charge is 2.23. The summed E-state index contributed by atoms with van der Waals surface area (Å²) in [6, 6.07) is 11.2. The van der Waals surface area contributed by atoms with Gasteiger partial charge in [-0.2, -0.15) is 0 Å². The molecule has 0 unspecified atom stereocenters. The van der Waals surface area contributed by atoms with Crippen LogP contribution in [0.5, 0.6) is 5.75 Å². The van der Waals surface area contributed by atoms with Crippen molar-refractivity contribution in [3.8, 4) is 5.75 Å². The molecule has 0 aliphatic carbocycles. The van der Waals surface area contributed by atoms with Crippen LogP contribution in [0.4, 0.5) is 5.13 Å². The first-order valence-corrected chi connectivity index (χ1v) is 12.3. The summed E-state index contributed by atoms with van der Waals surface area (Å²) >= 11 is 7.84. The molecule has 1 amide bonds. The van der Waals surface area contributed by atoms with E-state index in [-0.39, 0.29) is 24.9 Å². The minimum absolute atomic E-state index is 0. The summed E-state index contributed by atoms with van der Waals surface area (Å²) < 4.78 is 13.3. The van der Waals surface area contributed by atoms with Crippen LogP contribution in [-0.2, 0) is 16.1 Å². The van der Waals surface area contributed by atoms with Crippen LogP contribution >= 0.6 is 35.3 Å². The fraction of sp³-hybridized carbons (Fsp3) is 0.391. The lowest BCUT2D eigenvalue weighted by atomic mass is 10.3. The Morgan fingerprint density at radius 1 is 1.23 bits per heavy atom. The van der Waals surface area contributed by atoms with E-state index >= 15 is 0 Å². The van der Waals surface area contributed by atoms with E-state index in [9.17, 15) is 4.79 Å². The van der Waals surface area contributed by atoms with Gasteiger partial charge >= 0.3 is 0 Å². The number of halogens is 2. The van der Waals surface area contributed by atoms with Gasteiger partial charge in [0.25, 0.3) is 5.91 Å². The monoisotopic (exact) mass is 536 g/mol. The number of amides is 1. The van der Waals surface area contributed by atoms with Crippen LogP contribution in [0.3, 0.4) is 0 Å². The fourth-order valence-electron chi connectivity index (χ4n) is 4.07. The number of hydrogen-bond acceptors (Lipinski definition) is 8. The predicted octanol–water partition coefficient (Wildman–Crippen LogP) is 3.88. The number of fused-ring (bicyclic) bond motifs is 2. The number of carbonyl (C=O) groups excluding carboxylic acids is 1. The Hall–Kier alpha value is -2.50. The minimum Gasteiger partial charge on any atom is -0.494 e. The Morgan fingerprint density at radius 3 is 2.83 bits per heavy atom. The topological polar surface area (TPSA) is 85.6 Å². The molecule has 0 radical (unpaired) electrons. The molecule has 0 saturated carbocycles. The summed E-state index contributed by atoms with van der Waals surface area (Å²) in [4.78, 5) is 22.4. The molecule has 2 aromatic carbocycles. The first-order chi connectivity index (χ1) is 16.6. The summed E-state index contributed by atoms with van der Waals surface area (Å²) in [5.74, 6) is 0.525. The third-order valence-corrected chi connectivity index (χ3v) is 7.40. The standard InChI is InChI=1S/C23H25ClN6O3S.ClH/c1-32-19-8-7-16(24)22-21(19)25-23(34-22)29(10-4-9-28-11-13-33-14-12-28)20(31)15-30-18-6-3-2-5-17(18)26-27-30;/h2-3,5-8H,4,9-15H2,1H3;1H. The van der Waals surface area contributed by atoms with Gasteiger partial charge in [-0.15, -0.1) is 17.5 Å². The molecule has 186 valence electrons. The lowest BCUT2D eigenvalue weighted by Gasteiger charge is -2.27. The number of anilines is 1. The van der Waals surface area contributed by atoms with E-state index in [2.05, 4.69) is 15.2 Å². The third-order valence-electron chi connectivity index (χ3n) is 5.86. The number of aromatic nitrogens is 4. The van der Waals surface area contributed by atoms with Crippen molar-refractivity contribution >= 4 is 67.6 Å². The molecule has 5 rings (SSSR count). The lowest BCUT2D eigenvalue weighted by molar-refractivity contribution is -0.119. The molecule has 0 N–H and O–H groups in total. The van der Waals surface area contributed by atoms with Crippen molar-refractivity contribution in [1.29, 1.82) is 0 Å². The van der Waals surface area contributed by atoms with Crippen LogP contribution in [0.15, 0.2) is 36.4 Å². The van der Waals surface area contributed by atoms with Crippen molar-refractivity contribution in [3.63, 3.8) is 0 Å². The normalized spacial score (nSPS) is 14.2. The average molecular weight is 537 g/mol. The highest BCUT2D eigenvalue weighted by Crippen LogP contribution is 2.38. The van der Waals surface area contributed by atoms with E-state index in [4.69, 9.17) is 26.1 Å². The molecule has 0 atom stereocenters. The van der Waals surface area contributed by atoms with Crippen molar-refractivity contribution in [2.75, 3.05) is 51.4 Å². The predicted molar refractivity (Wildman–Crippen MR) is 140 cm³/mol. The van der Waals surface area contributed by atoms with E-state index in [1.54, 1.807) is 28.8 Å². The average Bonchev–Trinajstić information content (AvgIpc) is 3.48. The number of morpholine rings is 1. The van der Waals surface area contributed by atoms with Crippen molar-refractivity contribution in [2.45, 2.75) is 13.0 Å². The highest BCUT2D eigenvalue weighted by atomic mass is 35.5. The summed E-state index contributed by atoms with van der Waals surface area (Å²) in [7, 11) is 1.60. The highest BCUT2D eigenvalue weighted by molar-refractivity contribution is 7.23. The second kappa shape index (κ2) is 11.5. The summed E-state index contributed by atoms with van der Waals surface area (Å²) in [6.45, 7) is 4.80. The number of methoxy groups -OCH3 is 1. The summed E-state index contributed by atoms with van der Waals surface area (Å²) in [5.41, 5.74) is 2.23. The number of hydrogen-bond donors (Lipinski definition) is 0. The smallest absolute Gasteiger partial charge is 0.250 e. The maximum atomic E-state index is 13.6. The summed E-state index contributed by atoms with van der Waals surface area (Å²) in [5, 5.41) is 9.54. The quantitative estimate of drug-likeness (QED) is 0.337. The number of thiazole rings is 1. The second-order valence-electron chi connectivity index (χ2n) is 8.01. The molecule has 35 heavy (non-hydrogen) atoms. The van der Waals surface area contributed by atoms with E-state index in [0.717, 1.165) is 55.0 Å². The number of para-hydroxylation sites is 1. The van der Waals surface area contributed by atoms with Crippen LogP contribution in [0, 0.1) is 0 Å². The van der Waals surface area contributed by atoms with Gasteiger partial charge in [0.15, 0.2) is 5.13 Å². The van der Waals surface area contributed by atoms with Gasteiger partial charge in [0.2, 0.25) is 0 Å². The van der Waals surface area contributed by atoms with Gasteiger partial charge in [-0.1, -0.05) is 40.3 Å². The molecule has 2 aromatic heterocycles. The third kappa shape index (κ3) is 5.52. The molecule has 9 nitrogen and oxygen atoms in total. The van der Waals surface area contributed by atoms with Crippen LogP contribution in [0.1, 0.15) is 6.42 Å². The Bertz CT molecular complexity index is 1310. The molecule has 1 aliphatic heterocycles. The van der Waals surface area contributed by atoms with E-state index in [1.165, 1.54) is 11.3 Å². The molecule has 1 fully saturated rings. The lowest BCUT2D eigenvalue weighted by Crippen LogP contribution is -2.40. The zero-order chi connectivity index (χ0) is 23.5. The van der Waals surface area contributed by atoms with Crippen molar-refractivity contribution in [1.82, 2.24) is 24.9 Å². The van der Waals surface area contributed by atoms with Gasteiger partial charge in [-0.05, 0) is 30.7 Å². The van der Waals surface area contributed by atoms with Crippen LogP contribution in [0.2, 0.25) is 5.02 Å². The number of benzene rings is 2. The number of ether oxygens (including phenoxy) is 2. The van der Waals surface area contributed by atoms with Crippen molar-refractivity contribution in [2.24, 2.45) is 0 Å². The molecular formula is C23H26Cl2N6O3S. The maximum absolute atomic E-state index is 13.6. The minimum atomic E-state index is -0.105. The van der Waals surface area contributed by atoms with Crippen LogP contribution < -0.4 is 9.64 Å².